The van der Waals surface area contributed by atoms with E-state index in [2.05, 4.69) is 4.90 Å². The minimum absolute atomic E-state index is 0.0359. The molecule has 1 fully saturated rings. The van der Waals surface area contributed by atoms with Crippen molar-refractivity contribution in [1.29, 1.82) is 0 Å². The first-order valence-electron chi connectivity index (χ1n) is 10.0. The first kappa shape index (κ1) is 21.9. The molecule has 30 heavy (non-hydrogen) atoms. The van der Waals surface area contributed by atoms with Crippen LogP contribution in [-0.4, -0.2) is 67.0 Å². The first-order chi connectivity index (χ1) is 14.3. The van der Waals surface area contributed by atoms with E-state index in [-0.39, 0.29) is 18.2 Å². The maximum absolute atomic E-state index is 14.4. The molecule has 0 aromatic heterocycles. The summed E-state index contributed by atoms with van der Waals surface area (Å²) in [6, 6.07) is 11.5. The highest BCUT2D eigenvalue weighted by Crippen LogP contribution is 2.22. The Morgan fingerprint density at radius 1 is 1.03 bits per heavy atom. The van der Waals surface area contributed by atoms with E-state index in [1.807, 2.05) is 4.90 Å². The molecule has 6 nitrogen and oxygen atoms in total. The van der Waals surface area contributed by atoms with Crippen molar-refractivity contribution in [3.8, 4) is 5.75 Å². The predicted molar refractivity (Wildman–Crippen MR) is 113 cm³/mol. The number of ether oxygens (including phenoxy) is 1. The number of aliphatic hydroxyl groups excluding tert-OH is 1. The van der Waals surface area contributed by atoms with Crippen molar-refractivity contribution in [1.82, 2.24) is 4.90 Å². The third kappa shape index (κ3) is 5.64. The molecular weight excluding hydrogens is 387 g/mol. The van der Waals surface area contributed by atoms with Gasteiger partial charge in [-0.2, -0.15) is 0 Å². The smallest absolute Gasteiger partial charge is 0.159 e. The Balaban J connectivity index is 1.47. The number of hydrogen-bond acceptors (Lipinski definition) is 6. The van der Waals surface area contributed by atoms with Crippen LogP contribution in [0.4, 0.5) is 10.1 Å². The van der Waals surface area contributed by atoms with Crippen molar-refractivity contribution in [2.75, 3.05) is 44.2 Å². The van der Waals surface area contributed by atoms with Crippen molar-refractivity contribution in [2.45, 2.75) is 20.0 Å². The van der Waals surface area contributed by atoms with Gasteiger partial charge in [0.15, 0.2) is 11.6 Å². The van der Waals surface area contributed by atoms with Crippen LogP contribution in [0.15, 0.2) is 42.5 Å². The minimum atomic E-state index is -0.677. The zero-order valence-electron chi connectivity index (χ0n) is 17.3. The summed E-state index contributed by atoms with van der Waals surface area (Å²) in [6.07, 6.45) is -0.677. The van der Waals surface area contributed by atoms with Crippen molar-refractivity contribution in [2.24, 2.45) is 0 Å². The maximum Gasteiger partial charge on any atom is 0.159 e. The van der Waals surface area contributed by atoms with Crippen LogP contribution < -0.4 is 9.64 Å². The van der Waals surface area contributed by atoms with Gasteiger partial charge in [0.1, 0.15) is 24.3 Å². The average Bonchev–Trinajstić information content (AvgIpc) is 2.73. The van der Waals surface area contributed by atoms with E-state index in [4.69, 9.17) is 4.74 Å². The van der Waals surface area contributed by atoms with E-state index in [9.17, 15) is 19.1 Å². The molecule has 0 radical (unpaired) electrons. The highest BCUT2D eigenvalue weighted by Gasteiger charge is 2.22. The van der Waals surface area contributed by atoms with Crippen LogP contribution in [0, 0.1) is 5.82 Å². The van der Waals surface area contributed by atoms with Crippen molar-refractivity contribution < 1.29 is 23.8 Å². The summed E-state index contributed by atoms with van der Waals surface area (Å²) in [5.41, 5.74) is 1.43. The Morgan fingerprint density at radius 2 is 1.70 bits per heavy atom. The van der Waals surface area contributed by atoms with E-state index in [0.29, 0.717) is 55.3 Å². The van der Waals surface area contributed by atoms with Gasteiger partial charge in [-0.15, -0.1) is 0 Å². The number of anilines is 1. The molecule has 1 saturated heterocycles. The number of ketones is 2. The van der Waals surface area contributed by atoms with Crippen LogP contribution in [0.5, 0.6) is 5.75 Å². The molecule has 3 rings (SSSR count). The second-order valence-corrected chi connectivity index (χ2v) is 7.56. The zero-order valence-corrected chi connectivity index (χ0v) is 17.3. The molecule has 1 unspecified atom stereocenters. The van der Waals surface area contributed by atoms with Crippen molar-refractivity contribution in [3.63, 3.8) is 0 Å². The number of Topliss-reactive ketones (excluding diaryl/α,β-unsaturated/α-hetero) is 2. The molecule has 1 N–H and O–H groups in total. The summed E-state index contributed by atoms with van der Waals surface area (Å²) >= 11 is 0. The molecule has 2 aromatic carbocycles. The van der Waals surface area contributed by atoms with Gasteiger partial charge in [0.25, 0.3) is 0 Å². The number of aliphatic hydroxyl groups is 1. The number of benzene rings is 2. The molecule has 1 aliphatic heterocycles. The highest BCUT2D eigenvalue weighted by atomic mass is 19.1. The van der Waals surface area contributed by atoms with Crippen LogP contribution in [0.1, 0.15) is 34.6 Å². The Bertz CT molecular complexity index is 910. The first-order valence-corrected chi connectivity index (χ1v) is 10.0. The van der Waals surface area contributed by atoms with Gasteiger partial charge in [-0.3, -0.25) is 14.5 Å². The summed E-state index contributed by atoms with van der Waals surface area (Å²) in [4.78, 5) is 26.9. The van der Waals surface area contributed by atoms with Gasteiger partial charge in [0.2, 0.25) is 0 Å². The molecule has 0 spiro atoms. The minimum Gasteiger partial charge on any atom is -0.491 e. The number of piperazine rings is 1. The normalized spacial score (nSPS) is 15.7. The fourth-order valence-electron chi connectivity index (χ4n) is 3.50. The Kier molecular flexibility index (Phi) is 7.18. The molecule has 2 aromatic rings. The van der Waals surface area contributed by atoms with Crippen molar-refractivity contribution in [3.05, 3.63) is 59.4 Å². The van der Waals surface area contributed by atoms with Gasteiger partial charge in [-0.1, -0.05) is 12.1 Å². The molecule has 0 aliphatic carbocycles. The van der Waals surface area contributed by atoms with E-state index in [1.165, 1.54) is 19.9 Å². The lowest BCUT2D eigenvalue weighted by atomic mass is 10.1. The number of nitrogens with zero attached hydrogens (tertiary/aromatic N) is 2. The van der Waals surface area contributed by atoms with Crippen LogP contribution in [0.2, 0.25) is 0 Å². The maximum atomic E-state index is 14.4. The fraction of sp³-hybridized carbons (Fsp3) is 0.391. The number of β-amino-alcohol motifs (C(OH)–C–C–N with tert-alkyl or cyclic N) is 1. The molecule has 160 valence electrons. The quantitative estimate of drug-likeness (QED) is 0.670. The molecule has 7 heteroatoms. The monoisotopic (exact) mass is 414 g/mol. The van der Waals surface area contributed by atoms with Gasteiger partial charge in [-0.25, -0.2) is 4.39 Å². The summed E-state index contributed by atoms with van der Waals surface area (Å²) in [5.74, 6) is -0.0332. The van der Waals surface area contributed by atoms with Gasteiger partial charge in [-0.05, 0) is 44.2 Å². The molecule has 0 bridgehead atoms. The molecule has 1 atom stereocenters. The van der Waals surface area contributed by atoms with E-state index in [0.717, 1.165) is 0 Å². The van der Waals surface area contributed by atoms with Gasteiger partial charge >= 0.3 is 0 Å². The van der Waals surface area contributed by atoms with E-state index in [1.54, 1.807) is 36.4 Å². The molecule has 0 saturated carbocycles. The SMILES string of the molecule is CC(=O)c1cccc(OCC(O)CN2CCN(c3ccc(C(C)=O)cc3F)CC2)c1. The second kappa shape index (κ2) is 9.82. The standard InChI is InChI=1S/C23H27FN2O4/c1-16(27)18-4-3-5-21(12-18)30-15-20(29)14-25-8-10-26(11-9-25)23-7-6-19(17(2)28)13-22(23)24/h3-7,12-13,20,29H,8-11,14-15H2,1-2H3. The third-order valence-electron chi connectivity index (χ3n) is 5.22. The number of rotatable bonds is 8. The lowest BCUT2D eigenvalue weighted by Crippen LogP contribution is -2.49. The number of carbonyl (C=O) groups excluding carboxylic acids is 2. The Labute approximate surface area is 175 Å². The lowest BCUT2D eigenvalue weighted by Gasteiger charge is -2.37. The predicted octanol–water partition coefficient (Wildman–Crippen LogP) is 2.79. The Morgan fingerprint density at radius 3 is 2.33 bits per heavy atom. The summed E-state index contributed by atoms with van der Waals surface area (Å²) in [7, 11) is 0. The fourth-order valence-corrected chi connectivity index (χ4v) is 3.50. The molecular formula is C23H27FN2O4. The van der Waals surface area contributed by atoms with E-state index < -0.39 is 11.9 Å². The average molecular weight is 414 g/mol. The molecule has 0 amide bonds. The van der Waals surface area contributed by atoms with Gasteiger partial charge in [0.05, 0.1) is 5.69 Å². The third-order valence-corrected chi connectivity index (χ3v) is 5.22. The number of halogens is 1. The number of hydrogen-bond donors (Lipinski definition) is 1. The van der Waals surface area contributed by atoms with Gasteiger partial charge in [0, 0.05) is 43.9 Å². The summed E-state index contributed by atoms with van der Waals surface area (Å²) in [6.45, 7) is 6.12. The lowest BCUT2D eigenvalue weighted by molar-refractivity contribution is 0.0662. The van der Waals surface area contributed by atoms with Crippen LogP contribution >= 0.6 is 0 Å². The van der Waals surface area contributed by atoms with Gasteiger partial charge < -0.3 is 14.7 Å². The Hall–Kier alpha value is -2.77. The summed E-state index contributed by atoms with van der Waals surface area (Å²) in [5, 5.41) is 10.3. The molecule has 1 aliphatic rings. The van der Waals surface area contributed by atoms with Crippen LogP contribution in [0.3, 0.4) is 0 Å². The highest BCUT2D eigenvalue weighted by molar-refractivity contribution is 5.94. The van der Waals surface area contributed by atoms with E-state index >= 15 is 0 Å². The van der Waals surface area contributed by atoms with Crippen molar-refractivity contribution >= 4 is 17.3 Å². The van der Waals surface area contributed by atoms with Crippen LogP contribution in [0.25, 0.3) is 0 Å². The largest absolute Gasteiger partial charge is 0.491 e. The molecule has 1 heterocycles. The second-order valence-electron chi connectivity index (χ2n) is 7.56. The van der Waals surface area contributed by atoms with Crippen LogP contribution in [-0.2, 0) is 0 Å². The topological polar surface area (TPSA) is 70.1 Å². The summed E-state index contributed by atoms with van der Waals surface area (Å²) < 4.78 is 20.0. The number of carbonyl (C=O) groups is 2. The zero-order chi connectivity index (χ0) is 21.7.